The molecule has 0 radical (unpaired) electrons. The van der Waals surface area contributed by atoms with Gasteiger partial charge in [-0.05, 0) is 58.7 Å². The Morgan fingerprint density at radius 1 is 1.45 bits per heavy atom. The molecule has 0 aromatic heterocycles. The molecule has 5 nitrogen and oxygen atoms in total. The van der Waals surface area contributed by atoms with Crippen LogP contribution in [-0.2, 0) is 9.53 Å². The molecule has 1 saturated carbocycles. The van der Waals surface area contributed by atoms with Crippen LogP contribution in [0.1, 0.15) is 39.5 Å². The normalized spacial score (nSPS) is 18.2. The second-order valence-electron chi connectivity index (χ2n) is 6.15. The molecule has 1 atom stereocenters. The average molecular weight is 285 g/mol. The molecule has 0 aromatic rings. The topological polar surface area (TPSA) is 67.6 Å². The fourth-order valence-electron chi connectivity index (χ4n) is 2.26. The van der Waals surface area contributed by atoms with Crippen LogP contribution >= 0.6 is 0 Å². The molecule has 0 heterocycles. The Labute approximate surface area is 123 Å². The third kappa shape index (κ3) is 6.68. The molecule has 1 aliphatic rings. The van der Waals surface area contributed by atoms with Gasteiger partial charge in [0.05, 0.1) is 12.1 Å². The fourth-order valence-corrected chi connectivity index (χ4v) is 2.26. The Kier molecular flexibility index (Phi) is 7.48. The Morgan fingerprint density at radius 2 is 2.15 bits per heavy atom. The van der Waals surface area contributed by atoms with Gasteiger partial charge in [-0.25, -0.2) is 0 Å². The van der Waals surface area contributed by atoms with Crippen LogP contribution in [0.25, 0.3) is 0 Å². The first-order chi connectivity index (χ1) is 9.48. The summed E-state index contributed by atoms with van der Waals surface area (Å²) >= 11 is 0. The van der Waals surface area contributed by atoms with Gasteiger partial charge in [0.1, 0.15) is 0 Å². The highest BCUT2D eigenvalue weighted by Crippen LogP contribution is 2.28. The molecule has 1 rings (SSSR count). The number of hydrogen-bond acceptors (Lipinski definition) is 4. The van der Waals surface area contributed by atoms with Crippen molar-refractivity contribution in [2.75, 3.05) is 39.9 Å². The summed E-state index contributed by atoms with van der Waals surface area (Å²) in [6.45, 7) is 8.26. The van der Waals surface area contributed by atoms with Gasteiger partial charge in [-0.2, -0.15) is 0 Å². The van der Waals surface area contributed by atoms with E-state index in [1.165, 1.54) is 12.8 Å². The summed E-state index contributed by atoms with van der Waals surface area (Å²) in [6.07, 6.45) is 4.40. The van der Waals surface area contributed by atoms with E-state index in [4.69, 9.17) is 10.5 Å². The highest BCUT2D eigenvalue weighted by Gasteiger charge is 2.29. The molecule has 20 heavy (non-hydrogen) atoms. The third-order valence-electron chi connectivity index (χ3n) is 4.00. The van der Waals surface area contributed by atoms with Crippen LogP contribution in [0.15, 0.2) is 0 Å². The summed E-state index contributed by atoms with van der Waals surface area (Å²) in [5.41, 5.74) is 4.89. The largest absolute Gasteiger partial charge is 0.380 e. The highest BCUT2D eigenvalue weighted by molar-refractivity contribution is 5.84. The second-order valence-corrected chi connectivity index (χ2v) is 6.15. The molecule has 0 aromatic carbocycles. The lowest BCUT2D eigenvalue weighted by Crippen LogP contribution is -2.53. The van der Waals surface area contributed by atoms with E-state index in [-0.39, 0.29) is 5.91 Å². The van der Waals surface area contributed by atoms with Crippen LogP contribution in [-0.4, -0.2) is 56.2 Å². The summed E-state index contributed by atoms with van der Waals surface area (Å²) in [5, 5.41) is 3.19. The summed E-state index contributed by atoms with van der Waals surface area (Å²) < 4.78 is 5.62. The molecule has 5 heteroatoms. The zero-order valence-electron chi connectivity index (χ0n) is 13.3. The molecule has 0 bridgehead atoms. The maximum absolute atomic E-state index is 11.5. The quantitative estimate of drug-likeness (QED) is 0.525. The molecular formula is C15H31N3O2. The molecule has 3 N–H and O–H groups in total. The summed E-state index contributed by atoms with van der Waals surface area (Å²) in [7, 11) is 2.09. The van der Waals surface area contributed by atoms with Gasteiger partial charge < -0.3 is 20.7 Å². The molecule has 1 unspecified atom stereocenters. The number of nitrogens with two attached hydrogens (primary N) is 1. The predicted octanol–water partition coefficient (Wildman–Crippen LogP) is 0.979. The summed E-state index contributed by atoms with van der Waals surface area (Å²) in [5.74, 6) is 0.562. The second kappa shape index (κ2) is 8.60. The zero-order valence-corrected chi connectivity index (χ0v) is 13.3. The first-order valence-electron chi connectivity index (χ1n) is 7.79. The van der Waals surface area contributed by atoms with Crippen molar-refractivity contribution in [2.45, 2.75) is 45.1 Å². The van der Waals surface area contributed by atoms with Gasteiger partial charge in [-0.3, -0.25) is 4.79 Å². The van der Waals surface area contributed by atoms with Gasteiger partial charge in [-0.1, -0.05) is 6.92 Å². The smallest absolute Gasteiger partial charge is 0.237 e. The van der Waals surface area contributed by atoms with Crippen LogP contribution in [0.3, 0.4) is 0 Å². The van der Waals surface area contributed by atoms with Gasteiger partial charge in [0.25, 0.3) is 0 Å². The van der Waals surface area contributed by atoms with Crippen molar-refractivity contribution >= 4 is 5.91 Å². The number of hydrogen-bond donors (Lipinski definition) is 2. The average Bonchev–Trinajstić information content (AvgIpc) is 3.19. The molecule has 1 fully saturated rings. The highest BCUT2D eigenvalue weighted by atomic mass is 16.5. The molecule has 1 amide bonds. The maximum Gasteiger partial charge on any atom is 0.237 e. The van der Waals surface area contributed by atoms with Crippen LogP contribution in [0.4, 0.5) is 0 Å². The molecular weight excluding hydrogens is 254 g/mol. The zero-order chi connectivity index (χ0) is 15.0. The van der Waals surface area contributed by atoms with Crippen LogP contribution < -0.4 is 11.1 Å². The van der Waals surface area contributed by atoms with Crippen molar-refractivity contribution in [3.63, 3.8) is 0 Å². The van der Waals surface area contributed by atoms with Crippen molar-refractivity contribution < 1.29 is 9.53 Å². The first-order valence-corrected chi connectivity index (χ1v) is 7.79. The minimum atomic E-state index is -0.585. The monoisotopic (exact) mass is 285 g/mol. The lowest BCUT2D eigenvalue weighted by Gasteiger charge is -2.28. The van der Waals surface area contributed by atoms with Crippen molar-refractivity contribution in [3.8, 4) is 0 Å². The number of carbonyl (C=O) groups is 1. The number of nitrogens with one attached hydrogen (secondary N) is 1. The number of likely N-dealkylation sites (N-methyl/N-ethyl adjacent to an activating group) is 2. The number of primary amides is 1. The molecule has 0 spiro atoms. The van der Waals surface area contributed by atoms with E-state index >= 15 is 0 Å². The fraction of sp³-hybridized carbons (Fsp3) is 0.933. The van der Waals surface area contributed by atoms with Crippen LogP contribution in [0.5, 0.6) is 0 Å². The molecule has 0 saturated heterocycles. The van der Waals surface area contributed by atoms with Crippen LogP contribution in [0.2, 0.25) is 0 Å². The van der Waals surface area contributed by atoms with E-state index in [9.17, 15) is 4.79 Å². The molecule has 0 aliphatic heterocycles. The minimum Gasteiger partial charge on any atom is -0.380 e. The number of nitrogens with zero attached hydrogens (tertiary/aromatic N) is 1. The van der Waals surface area contributed by atoms with Gasteiger partial charge >= 0.3 is 0 Å². The Morgan fingerprint density at radius 3 is 2.70 bits per heavy atom. The van der Waals surface area contributed by atoms with Crippen molar-refractivity contribution in [2.24, 2.45) is 11.7 Å². The van der Waals surface area contributed by atoms with E-state index in [0.29, 0.717) is 0 Å². The predicted molar refractivity (Wildman–Crippen MR) is 81.6 cm³/mol. The van der Waals surface area contributed by atoms with E-state index in [1.807, 2.05) is 13.8 Å². The van der Waals surface area contributed by atoms with Crippen molar-refractivity contribution in [1.29, 1.82) is 0 Å². The summed E-state index contributed by atoms with van der Waals surface area (Å²) in [6, 6.07) is 0. The van der Waals surface area contributed by atoms with Crippen molar-refractivity contribution in [3.05, 3.63) is 0 Å². The minimum absolute atomic E-state index is 0.269. The van der Waals surface area contributed by atoms with Gasteiger partial charge in [0.15, 0.2) is 0 Å². The van der Waals surface area contributed by atoms with E-state index in [0.717, 1.165) is 51.6 Å². The maximum atomic E-state index is 11.5. The van der Waals surface area contributed by atoms with Crippen LogP contribution in [0, 0.1) is 5.92 Å². The van der Waals surface area contributed by atoms with Gasteiger partial charge in [0.2, 0.25) is 5.91 Å². The van der Waals surface area contributed by atoms with Gasteiger partial charge in [-0.15, -0.1) is 0 Å². The SMILES string of the molecule is CCNC(C)(CCCN(C)CCOCC1CC1)C(N)=O. The Hall–Kier alpha value is -0.650. The first kappa shape index (κ1) is 17.4. The molecule has 118 valence electrons. The number of ether oxygens (including phenoxy) is 1. The lowest BCUT2D eigenvalue weighted by atomic mass is 9.95. The standard InChI is InChI=1S/C15H31N3O2/c1-4-17-15(2,14(16)19)8-5-9-18(3)10-11-20-12-13-6-7-13/h13,17H,4-12H2,1-3H3,(H2,16,19). The Balaban J connectivity index is 2.09. The third-order valence-corrected chi connectivity index (χ3v) is 4.00. The van der Waals surface area contributed by atoms with E-state index in [2.05, 4.69) is 17.3 Å². The van der Waals surface area contributed by atoms with E-state index < -0.39 is 5.54 Å². The number of amides is 1. The lowest BCUT2D eigenvalue weighted by molar-refractivity contribution is -0.124. The number of carbonyl (C=O) groups excluding carboxylic acids is 1. The number of rotatable bonds is 12. The van der Waals surface area contributed by atoms with Gasteiger partial charge in [0, 0.05) is 13.2 Å². The van der Waals surface area contributed by atoms with Crippen molar-refractivity contribution in [1.82, 2.24) is 10.2 Å². The van der Waals surface area contributed by atoms with E-state index in [1.54, 1.807) is 0 Å². The Bertz CT molecular complexity index is 295. The summed E-state index contributed by atoms with van der Waals surface area (Å²) in [4.78, 5) is 13.7. The molecule has 1 aliphatic carbocycles.